The third-order valence-corrected chi connectivity index (χ3v) is 5.55. The number of benzene rings is 2. The summed E-state index contributed by atoms with van der Waals surface area (Å²) in [5, 5.41) is 0.550. The number of fused-ring (bicyclic) bond motifs is 1. The molecule has 0 spiro atoms. The highest BCUT2D eigenvalue weighted by Gasteiger charge is 2.23. The van der Waals surface area contributed by atoms with Crippen LogP contribution in [0.4, 0.5) is 9.52 Å². The van der Waals surface area contributed by atoms with E-state index in [1.54, 1.807) is 11.0 Å². The van der Waals surface area contributed by atoms with Gasteiger partial charge in [0.2, 0.25) is 0 Å². The number of para-hydroxylation sites is 1. The third-order valence-electron chi connectivity index (χ3n) is 4.51. The van der Waals surface area contributed by atoms with E-state index in [0.717, 1.165) is 28.8 Å². The molecule has 27 heavy (non-hydrogen) atoms. The number of quaternary nitrogens is 1. The molecule has 0 aliphatic heterocycles. The molecule has 0 unspecified atom stereocenters. The van der Waals surface area contributed by atoms with Gasteiger partial charge in [0.15, 0.2) is 5.13 Å². The van der Waals surface area contributed by atoms with Crippen LogP contribution in [0.5, 0.6) is 0 Å². The van der Waals surface area contributed by atoms with Gasteiger partial charge in [-0.15, -0.1) is 0 Å². The number of nitrogens with zero attached hydrogens (tertiary/aromatic N) is 2. The summed E-state index contributed by atoms with van der Waals surface area (Å²) in [5.74, 6) is -0.438. The Balaban J connectivity index is 1.98. The first-order chi connectivity index (χ1) is 12.9. The van der Waals surface area contributed by atoms with E-state index in [0.29, 0.717) is 22.8 Å². The van der Waals surface area contributed by atoms with E-state index in [4.69, 9.17) is 0 Å². The van der Waals surface area contributed by atoms with Crippen LogP contribution in [0.2, 0.25) is 0 Å². The average Bonchev–Trinajstić information content (AvgIpc) is 3.03. The second-order valence-corrected chi connectivity index (χ2v) is 8.18. The number of carbonyl (C=O) groups is 1. The zero-order chi connectivity index (χ0) is 19.6. The lowest BCUT2D eigenvalue weighted by Crippen LogP contribution is -3.05. The van der Waals surface area contributed by atoms with Crippen LogP contribution in [0, 0.1) is 19.7 Å². The molecule has 142 valence electrons. The van der Waals surface area contributed by atoms with Gasteiger partial charge in [-0.2, -0.15) is 0 Å². The first-order valence-corrected chi connectivity index (χ1v) is 9.91. The van der Waals surface area contributed by atoms with Crippen molar-refractivity contribution in [1.29, 1.82) is 0 Å². The minimum atomic E-state index is -0.355. The lowest BCUT2D eigenvalue weighted by Gasteiger charge is -2.21. The Morgan fingerprint density at radius 2 is 2.00 bits per heavy atom. The molecule has 0 atom stereocenters. The number of thiazole rings is 1. The van der Waals surface area contributed by atoms with Gasteiger partial charge in [-0.05, 0) is 37.6 Å². The molecule has 4 nitrogen and oxygen atoms in total. The number of nitrogens with one attached hydrogen (secondary N) is 1. The monoisotopic (exact) mass is 386 g/mol. The summed E-state index contributed by atoms with van der Waals surface area (Å²) >= 11 is 1.36. The Morgan fingerprint density at radius 1 is 1.22 bits per heavy atom. The molecule has 0 fully saturated rings. The van der Waals surface area contributed by atoms with Crippen LogP contribution < -0.4 is 9.80 Å². The number of aryl methyl sites for hydroxylation is 2. The van der Waals surface area contributed by atoms with Crippen LogP contribution in [-0.2, 0) is 0 Å². The van der Waals surface area contributed by atoms with E-state index in [1.165, 1.54) is 22.3 Å². The maximum atomic E-state index is 14.1. The number of aromatic nitrogens is 1. The minimum absolute atomic E-state index is 0.0827. The fraction of sp³-hybridized carbons (Fsp3) is 0.333. The maximum absolute atomic E-state index is 14.1. The smallest absolute Gasteiger partial charge is 0.260 e. The highest BCUT2D eigenvalue weighted by atomic mass is 32.1. The number of amides is 1. The van der Waals surface area contributed by atoms with Crippen molar-refractivity contribution < 1.29 is 14.1 Å². The average molecular weight is 387 g/mol. The quantitative estimate of drug-likeness (QED) is 0.706. The van der Waals surface area contributed by atoms with Crippen LogP contribution in [-0.4, -0.2) is 38.1 Å². The Morgan fingerprint density at radius 3 is 2.67 bits per heavy atom. The summed E-state index contributed by atoms with van der Waals surface area (Å²) < 4.78 is 14.8. The van der Waals surface area contributed by atoms with E-state index in [1.807, 2.05) is 38.1 Å². The number of anilines is 1. The molecule has 1 N–H and O–H groups in total. The molecular weight excluding hydrogens is 361 g/mol. The van der Waals surface area contributed by atoms with Crippen molar-refractivity contribution in [3.63, 3.8) is 0 Å². The zero-order valence-electron chi connectivity index (χ0n) is 16.2. The van der Waals surface area contributed by atoms with Crippen LogP contribution in [0.15, 0.2) is 36.4 Å². The van der Waals surface area contributed by atoms with Crippen LogP contribution in [0.1, 0.15) is 27.9 Å². The number of hydrogen-bond donors (Lipinski definition) is 1. The molecule has 6 heteroatoms. The highest BCUT2D eigenvalue weighted by Crippen LogP contribution is 2.31. The van der Waals surface area contributed by atoms with Crippen LogP contribution in [0.3, 0.4) is 0 Å². The van der Waals surface area contributed by atoms with E-state index >= 15 is 0 Å². The lowest BCUT2D eigenvalue weighted by atomic mass is 10.0. The van der Waals surface area contributed by atoms with Gasteiger partial charge >= 0.3 is 0 Å². The summed E-state index contributed by atoms with van der Waals surface area (Å²) in [5.41, 5.74) is 3.05. The lowest BCUT2D eigenvalue weighted by molar-refractivity contribution is -0.858. The van der Waals surface area contributed by atoms with E-state index in [-0.39, 0.29) is 11.7 Å². The molecular formula is C21H25FN3OS+. The predicted octanol–water partition coefficient (Wildman–Crippen LogP) is 3.23. The van der Waals surface area contributed by atoms with Gasteiger partial charge in [0.1, 0.15) is 11.3 Å². The summed E-state index contributed by atoms with van der Waals surface area (Å²) in [4.78, 5) is 20.8. The summed E-state index contributed by atoms with van der Waals surface area (Å²) in [6, 6.07) is 10.7. The predicted molar refractivity (Wildman–Crippen MR) is 109 cm³/mol. The van der Waals surface area contributed by atoms with Gasteiger partial charge in [-0.1, -0.05) is 35.1 Å². The summed E-state index contributed by atoms with van der Waals surface area (Å²) in [6.45, 7) is 5.45. The number of halogens is 1. The zero-order valence-corrected chi connectivity index (χ0v) is 17.0. The second-order valence-electron chi connectivity index (χ2n) is 7.17. The van der Waals surface area contributed by atoms with Gasteiger partial charge in [0.05, 0.1) is 25.3 Å². The van der Waals surface area contributed by atoms with Gasteiger partial charge in [-0.3, -0.25) is 9.69 Å². The van der Waals surface area contributed by atoms with Crippen molar-refractivity contribution in [3.05, 3.63) is 58.9 Å². The first-order valence-electron chi connectivity index (χ1n) is 9.10. The van der Waals surface area contributed by atoms with Crippen molar-refractivity contribution in [2.45, 2.75) is 20.3 Å². The molecule has 0 bridgehead atoms. The SMILES string of the molecule is Cc1ccc(C(=O)N(CCC[NH+](C)C)c2nc3c(F)cccc3s2)c(C)c1. The molecule has 0 saturated carbocycles. The van der Waals surface area contributed by atoms with E-state index < -0.39 is 0 Å². The van der Waals surface area contributed by atoms with Gasteiger partial charge in [0.25, 0.3) is 5.91 Å². The van der Waals surface area contributed by atoms with Crippen molar-refractivity contribution in [2.75, 3.05) is 32.1 Å². The molecule has 0 radical (unpaired) electrons. The van der Waals surface area contributed by atoms with Crippen LogP contribution >= 0.6 is 11.3 Å². The molecule has 1 aromatic heterocycles. The number of hydrogen-bond acceptors (Lipinski definition) is 3. The standard InChI is InChI=1S/C21H24FN3OS/c1-14-9-10-16(15(2)13-14)20(26)25(12-6-11-24(3)4)21-23-19-17(22)7-5-8-18(19)27-21/h5,7-10,13H,6,11-12H2,1-4H3/p+1. The van der Waals surface area contributed by atoms with Crippen molar-refractivity contribution in [1.82, 2.24) is 4.98 Å². The first kappa shape index (κ1) is 19.5. The molecule has 0 aliphatic carbocycles. The highest BCUT2D eigenvalue weighted by molar-refractivity contribution is 7.22. The van der Waals surface area contributed by atoms with Gasteiger partial charge < -0.3 is 4.90 Å². The Labute approximate surface area is 163 Å². The minimum Gasteiger partial charge on any atom is -0.340 e. The molecule has 0 aliphatic rings. The summed E-state index contributed by atoms with van der Waals surface area (Å²) in [7, 11) is 4.17. The number of rotatable bonds is 6. The Kier molecular flexibility index (Phi) is 5.87. The molecule has 3 aromatic rings. The maximum Gasteiger partial charge on any atom is 0.260 e. The fourth-order valence-electron chi connectivity index (χ4n) is 3.09. The molecule has 2 aromatic carbocycles. The van der Waals surface area contributed by atoms with Gasteiger partial charge in [0, 0.05) is 18.5 Å². The molecule has 0 saturated heterocycles. The molecule has 1 heterocycles. The molecule has 3 rings (SSSR count). The van der Waals surface area contributed by atoms with E-state index in [9.17, 15) is 9.18 Å². The van der Waals surface area contributed by atoms with Crippen molar-refractivity contribution in [3.8, 4) is 0 Å². The second kappa shape index (κ2) is 8.15. The van der Waals surface area contributed by atoms with E-state index in [2.05, 4.69) is 19.1 Å². The molecule has 1 amide bonds. The third kappa shape index (κ3) is 4.34. The number of carbonyl (C=O) groups excluding carboxylic acids is 1. The van der Waals surface area contributed by atoms with Gasteiger partial charge in [-0.25, -0.2) is 9.37 Å². The largest absolute Gasteiger partial charge is 0.340 e. The topological polar surface area (TPSA) is 37.6 Å². The Bertz CT molecular complexity index is 967. The van der Waals surface area contributed by atoms with Crippen molar-refractivity contribution >= 4 is 32.6 Å². The Hall–Kier alpha value is -2.31. The van der Waals surface area contributed by atoms with Crippen LogP contribution in [0.25, 0.3) is 10.2 Å². The summed E-state index contributed by atoms with van der Waals surface area (Å²) in [6.07, 6.45) is 0.845. The van der Waals surface area contributed by atoms with Crippen molar-refractivity contribution in [2.24, 2.45) is 0 Å². The normalized spacial score (nSPS) is 11.3. The fourth-order valence-corrected chi connectivity index (χ4v) is 4.10.